The van der Waals surface area contributed by atoms with Gasteiger partial charge in [0.2, 0.25) is 5.88 Å². The van der Waals surface area contributed by atoms with Crippen molar-refractivity contribution in [1.29, 1.82) is 0 Å². The SMILES string of the molecule is O=C(NCc1cccc(O)c1)NC1CCC(NC(=O)c2cc(F)cnc2Oc2ccc(F)cc2)CC1. The molecule has 188 valence electrons. The predicted molar refractivity (Wildman–Crippen MR) is 128 cm³/mol. The third-order valence-electron chi connectivity index (χ3n) is 5.85. The highest BCUT2D eigenvalue weighted by atomic mass is 19.1. The lowest BCUT2D eigenvalue weighted by atomic mass is 9.91. The molecule has 0 saturated heterocycles. The van der Waals surface area contributed by atoms with Gasteiger partial charge in [-0.1, -0.05) is 12.1 Å². The summed E-state index contributed by atoms with van der Waals surface area (Å²) in [5, 5.41) is 18.1. The van der Waals surface area contributed by atoms with E-state index in [1.54, 1.807) is 24.3 Å². The van der Waals surface area contributed by atoms with Crippen LogP contribution >= 0.6 is 0 Å². The molecule has 1 aliphatic carbocycles. The minimum absolute atomic E-state index is 0.0458. The third kappa shape index (κ3) is 6.91. The second-order valence-corrected chi connectivity index (χ2v) is 8.58. The van der Waals surface area contributed by atoms with Gasteiger partial charge < -0.3 is 25.8 Å². The Morgan fingerprint density at radius 1 is 0.944 bits per heavy atom. The number of phenolic OH excluding ortho intramolecular Hbond substituents is 1. The molecule has 1 saturated carbocycles. The minimum Gasteiger partial charge on any atom is -0.508 e. The monoisotopic (exact) mass is 496 g/mol. The van der Waals surface area contributed by atoms with Crippen molar-refractivity contribution in [2.45, 2.75) is 44.3 Å². The van der Waals surface area contributed by atoms with Crippen molar-refractivity contribution in [2.75, 3.05) is 0 Å². The molecule has 36 heavy (non-hydrogen) atoms. The number of ether oxygens (including phenoxy) is 1. The highest BCUT2D eigenvalue weighted by Gasteiger charge is 2.25. The standard InChI is InChI=1S/C26H26F2N4O4/c27-17-4-10-22(11-5-17)36-25-23(13-18(28)15-29-25)24(34)31-19-6-8-20(9-7-19)32-26(35)30-14-16-2-1-3-21(33)12-16/h1-5,10-13,15,19-20,33H,6-9,14H2,(H,31,34)(H2,30,32,35). The van der Waals surface area contributed by atoms with Gasteiger partial charge in [0.25, 0.3) is 5.91 Å². The van der Waals surface area contributed by atoms with Crippen LogP contribution in [0.4, 0.5) is 13.6 Å². The molecule has 1 fully saturated rings. The molecule has 1 aromatic heterocycles. The Balaban J connectivity index is 1.27. The molecule has 0 atom stereocenters. The Morgan fingerprint density at radius 2 is 1.64 bits per heavy atom. The lowest BCUT2D eigenvalue weighted by Gasteiger charge is -2.29. The van der Waals surface area contributed by atoms with E-state index >= 15 is 0 Å². The number of rotatable bonds is 7. The number of phenols is 1. The molecular weight excluding hydrogens is 470 g/mol. The van der Waals surface area contributed by atoms with Gasteiger partial charge in [0.05, 0.1) is 6.20 Å². The van der Waals surface area contributed by atoms with Crippen molar-refractivity contribution in [3.63, 3.8) is 0 Å². The second kappa shape index (κ2) is 11.5. The molecule has 0 radical (unpaired) electrons. The highest BCUT2D eigenvalue weighted by Crippen LogP contribution is 2.25. The normalized spacial score (nSPS) is 17.2. The first kappa shape index (κ1) is 24.9. The molecule has 0 spiro atoms. The Hall–Kier alpha value is -4.21. The first-order chi connectivity index (χ1) is 17.4. The van der Waals surface area contributed by atoms with E-state index in [-0.39, 0.29) is 47.6 Å². The number of hydrogen-bond acceptors (Lipinski definition) is 5. The number of hydrogen-bond donors (Lipinski definition) is 4. The van der Waals surface area contributed by atoms with Crippen molar-refractivity contribution in [3.8, 4) is 17.4 Å². The number of aromatic nitrogens is 1. The highest BCUT2D eigenvalue weighted by molar-refractivity contribution is 5.96. The average Bonchev–Trinajstić information content (AvgIpc) is 2.86. The van der Waals surface area contributed by atoms with Crippen LogP contribution in [0.5, 0.6) is 17.4 Å². The van der Waals surface area contributed by atoms with Crippen LogP contribution in [0.3, 0.4) is 0 Å². The fraction of sp³-hybridized carbons (Fsp3) is 0.269. The van der Waals surface area contributed by atoms with E-state index in [4.69, 9.17) is 4.74 Å². The Bertz CT molecular complexity index is 1210. The maximum Gasteiger partial charge on any atom is 0.315 e. The van der Waals surface area contributed by atoms with Gasteiger partial charge in [-0.3, -0.25) is 4.79 Å². The van der Waals surface area contributed by atoms with Crippen molar-refractivity contribution < 1.29 is 28.2 Å². The second-order valence-electron chi connectivity index (χ2n) is 8.58. The average molecular weight is 497 g/mol. The Kier molecular flexibility index (Phi) is 7.94. The predicted octanol–water partition coefficient (Wildman–Crippen LogP) is 4.40. The smallest absolute Gasteiger partial charge is 0.315 e. The topological polar surface area (TPSA) is 113 Å². The molecule has 0 bridgehead atoms. The summed E-state index contributed by atoms with van der Waals surface area (Å²) in [6, 6.07) is 12.4. The number of pyridine rings is 1. The van der Waals surface area contributed by atoms with Gasteiger partial charge in [0.1, 0.15) is 28.7 Å². The summed E-state index contributed by atoms with van der Waals surface area (Å²) >= 11 is 0. The van der Waals surface area contributed by atoms with Crippen molar-refractivity contribution >= 4 is 11.9 Å². The maximum atomic E-state index is 13.8. The zero-order valence-electron chi connectivity index (χ0n) is 19.3. The van der Waals surface area contributed by atoms with Crippen LogP contribution in [0, 0.1) is 11.6 Å². The molecule has 4 N–H and O–H groups in total. The van der Waals surface area contributed by atoms with Gasteiger partial charge in [0.15, 0.2) is 0 Å². The van der Waals surface area contributed by atoms with E-state index in [0.717, 1.165) is 17.8 Å². The van der Waals surface area contributed by atoms with E-state index < -0.39 is 17.5 Å². The van der Waals surface area contributed by atoms with Gasteiger partial charge in [0, 0.05) is 18.6 Å². The fourth-order valence-corrected chi connectivity index (χ4v) is 4.02. The molecule has 8 nitrogen and oxygen atoms in total. The molecule has 0 unspecified atom stereocenters. The molecule has 3 aromatic rings. The zero-order valence-corrected chi connectivity index (χ0v) is 19.3. The number of nitrogens with one attached hydrogen (secondary N) is 3. The van der Waals surface area contributed by atoms with Gasteiger partial charge in [-0.15, -0.1) is 0 Å². The van der Waals surface area contributed by atoms with Crippen molar-refractivity contribution in [1.82, 2.24) is 20.9 Å². The number of amides is 3. The summed E-state index contributed by atoms with van der Waals surface area (Å²) in [5.74, 6) is -1.34. The molecule has 0 aliphatic heterocycles. The lowest BCUT2D eigenvalue weighted by molar-refractivity contribution is 0.0920. The third-order valence-corrected chi connectivity index (χ3v) is 5.85. The molecule has 1 heterocycles. The van der Waals surface area contributed by atoms with Crippen LogP contribution in [0.15, 0.2) is 60.8 Å². The van der Waals surface area contributed by atoms with Gasteiger partial charge in [-0.25, -0.2) is 18.6 Å². The number of benzene rings is 2. The summed E-state index contributed by atoms with van der Waals surface area (Å²) in [5.41, 5.74) is 0.720. The number of carbonyl (C=O) groups excluding carboxylic acids is 2. The molecule has 3 amide bonds. The van der Waals surface area contributed by atoms with Gasteiger partial charge >= 0.3 is 6.03 Å². The fourth-order valence-electron chi connectivity index (χ4n) is 4.02. The number of carbonyl (C=O) groups is 2. The molecule has 1 aliphatic rings. The van der Waals surface area contributed by atoms with E-state index in [2.05, 4.69) is 20.9 Å². The van der Waals surface area contributed by atoms with Crippen LogP contribution < -0.4 is 20.7 Å². The van der Waals surface area contributed by atoms with Crippen LogP contribution in [-0.2, 0) is 6.54 Å². The van der Waals surface area contributed by atoms with Crippen LogP contribution in [0.25, 0.3) is 0 Å². The number of urea groups is 1. The Labute approximate surface area is 206 Å². The van der Waals surface area contributed by atoms with Crippen molar-refractivity contribution in [2.24, 2.45) is 0 Å². The molecule has 10 heteroatoms. The van der Waals surface area contributed by atoms with E-state index in [1.165, 1.54) is 24.3 Å². The van der Waals surface area contributed by atoms with Crippen LogP contribution in [0.1, 0.15) is 41.6 Å². The summed E-state index contributed by atoms with van der Waals surface area (Å²) in [7, 11) is 0. The van der Waals surface area contributed by atoms with E-state index in [1.807, 2.05) is 0 Å². The quantitative estimate of drug-likeness (QED) is 0.387. The first-order valence-electron chi connectivity index (χ1n) is 11.6. The van der Waals surface area contributed by atoms with Crippen LogP contribution in [0.2, 0.25) is 0 Å². The molecular formula is C26H26F2N4O4. The van der Waals surface area contributed by atoms with E-state index in [0.29, 0.717) is 25.7 Å². The van der Waals surface area contributed by atoms with E-state index in [9.17, 15) is 23.5 Å². The number of aromatic hydroxyl groups is 1. The summed E-state index contributed by atoms with van der Waals surface area (Å²) in [4.78, 5) is 29.0. The largest absolute Gasteiger partial charge is 0.508 e. The van der Waals surface area contributed by atoms with Gasteiger partial charge in [-0.2, -0.15) is 0 Å². The Morgan fingerprint density at radius 3 is 2.33 bits per heavy atom. The van der Waals surface area contributed by atoms with Crippen LogP contribution in [-0.4, -0.2) is 34.1 Å². The zero-order chi connectivity index (χ0) is 25.5. The van der Waals surface area contributed by atoms with Crippen molar-refractivity contribution in [3.05, 3.63) is 83.6 Å². The first-order valence-corrected chi connectivity index (χ1v) is 11.6. The summed E-state index contributed by atoms with van der Waals surface area (Å²) in [6.45, 7) is 0.287. The number of halogens is 2. The number of nitrogens with zero attached hydrogens (tertiary/aromatic N) is 1. The molecule has 4 rings (SSSR count). The summed E-state index contributed by atoms with van der Waals surface area (Å²) in [6.07, 6.45) is 3.51. The van der Waals surface area contributed by atoms with Gasteiger partial charge in [-0.05, 0) is 73.7 Å². The maximum absolute atomic E-state index is 13.8. The molecule has 2 aromatic carbocycles. The lowest BCUT2D eigenvalue weighted by Crippen LogP contribution is -2.46. The summed E-state index contributed by atoms with van der Waals surface area (Å²) < 4.78 is 32.6. The minimum atomic E-state index is -0.684.